The Morgan fingerprint density at radius 1 is 1.43 bits per heavy atom. The number of amides is 2. The van der Waals surface area contributed by atoms with Gasteiger partial charge in [-0.3, -0.25) is 0 Å². The number of fused-ring (bicyclic) bond motifs is 2. The molecule has 21 heavy (non-hydrogen) atoms. The Labute approximate surface area is 126 Å². The summed E-state index contributed by atoms with van der Waals surface area (Å²) in [7, 11) is 0. The van der Waals surface area contributed by atoms with Gasteiger partial charge in [0.2, 0.25) is 0 Å². The molecule has 0 spiro atoms. The topological polar surface area (TPSA) is 78.4 Å². The van der Waals surface area contributed by atoms with Crippen molar-refractivity contribution in [1.82, 2.24) is 10.6 Å². The number of nitrogens with one attached hydrogen (secondary N) is 2. The summed E-state index contributed by atoms with van der Waals surface area (Å²) in [5.74, 6) is -0.403. The summed E-state index contributed by atoms with van der Waals surface area (Å²) in [6.45, 7) is 10.2. The average Bonchev–Trinajstić information content (AvgIpc) is 2.85. The van der Waals surface area contributed by atoms with Gasteiger partial charge in [0.05, 0.1) is 0 Å². The number of carboxylic acid groups (broad SMARTS) is 1. The Morgan fingerprint density at radius 2 is 2.10 bits per heavy atom. The molecule has 5 nitrogen and oxygen atoms in total. The molecule has 0 aromatic rings. The Balaban J connectivity index is 2.02. The van der Waals surface area contributed by atoms with Crippen molar-refractivity contribution in [3.8, 4) is 0 Å². The van der Waals surface area contributed by atoms with Crippen molar-refractivity contribution in [1.29, 1.82) is 0 Å². The van der Waals surface area contributed by atoms with Gasteiger partial charge >= 0.3 is 12.0 Å². The molecule has 0 radical (unpaired) electrons. The summed E-state index contributed by atoms with van der Waals surface area (Å²) in [4.78, 5) is 23.3. The predicted molar refractivity (Wildman–Crippen MR) is 80.9 cm³/mol. The molecule has 2 aliphatic carbocycles. The van der Waals surface area contributed by atoms with Gasteiger partial charge in [0.1, 0.15) is 6.04 Å². The molecule has 118 valence electrons. The molecule has 5 heteroatoms. The van der Waals surface area contributed by atoms with Gasteiger partial charge in [0, 0.05) is 6.04 Å². The summed E-state index contributed by atoms with van der Waals surface area (Å²) in [5, 5.41) is 14.7. The maximum Gasteiger partial charge on any atom is 0.326 e. The molecule has 3 N–H and O–H groups in total. The van der Waals surface area contributed by atoms with Crippen LogP contribution in [0.4, 0.5) is 4.79 Å². The molecule has 0 aromatic heterocycles. The molecule has 0 aromatic carbocycles. The molecule has 4 unspecified atom stereocenters. The number of carbonyl (C=O) groups excluding carboxylic acids is 1. The first-order valence-corrected chi connectivity index (χ1v) is 7.61. The highest BCUT2D eigenvalue weighted by Crippen LogP contribution is 2.62. The van der Waals surface area contributed by atoms with E-state index in [4.69, 9.17) is 5.11 Å². The lowest BCUT2D eigenvalue weighted by molar-refractivity contribution is -0.139. The maximum atomic E-state index is 12.2. The predicted octanol–water partition coefficient (Wildman–Crippen LogP) is 2.53. The molecule has 0 aliphatic heterocycles. The minimum atomic E-state index is -1.04. The van der Waals surface area contributed by atoms with Crippen LogP contribution in [0.3, 0.4) is 0 Å². The Morgan fingerprint density at radius 3 is 2.57 bits per heavy atom. The fourth-order valence-corrected chi connectivity index (χ4v) is 4.38. The van der Waals surface area contributed by atoms with E-state index in [0.717, 1.165) is 12.8 Å². The van der Waals surface area contributed by atoms with E-state index in [1.54, 1.807) is 0 Å². The van der Waals surface area contributed by atoms with E-state index in [-0.39, 0.29) is 23.3 Å². The van der Waals surface area contributed by atoms with Gasteiger partial charge in [-0.25, -0.2) is 9.59 Å². The van der Waals surface area contributed by atoms with Crippen LogP contribution in [-0.4, -0.2) is 29.2 Å². The summed E-state index contributed by atoms with van der Waals surface area (Å²) in [6.07, 6.45) is 5.21. The standard InChI is InChI=1S/C16H26N2O3/c1-5-6-11(12(19)20)17-14(21)18-13-15(2,3)10-7-8-16(13,4)9-10/h5,10-11,13H,1,6-9H2,2-4H3,(H,19,20)(H2,17,18,21). The van der Waals surface area contributed by atoms with Crippen LogP contribution in [0, 0.1) is 16.7 Å². The number of carbonyl (C=O) groups is 2. The molecule has 2 fully saturated rings. The van der Waals surface area contributed by atoms with E-state index >= 15 is 0 Å². The second-order valence-corrected chi connectivity index (χ2v) is 7.38. The highest BCUT2D eigenvalue weighted by molar-refractivity contribution is 5.82. The molecule has 2 rings (SSSR count). The SMILES string of the molecule is C=CCC(NC(=O)NC1C2(C)CCC(C2)C1(C)C)C(=O)O. The molecule has 0 heterocycles. The minimum Gasteiger partial charge on any atom is -0.480 e. The highest BCUT2D eigenvalue weighted by Gasteiger charge is 2.59. The van der Waals surface area contributed by atoms with Crippen molar-refractivity contribution in [2.75, 3.05) is 0 Å². The van der Waals surface area contributed by atoms with Crippen LogP contribution in [0.15, 0.2) is 12.7 Å². The fourth-order valence-electron chi connectivity index (χ4n) is 4.38. The van der Waals surface area contributed by atoms with Crippen LogP contribution in [0.25, 0.3) is 0 Å². The fraction of sp³-hybridized carbons (Fsp3) is 0.750. The molecular formula is C16H26N2O3. The lowest BCUT2D eigenvalue weighted by atomic mass is 9.68. The van der Waals surface area contributed by atoms with Crippen LogP contribution in [0.5, 0.6) is 0 Å². The van der Waals surface area contributed by atoms with E-state index in [1.807, 2.05) is 0 Å². The Bertz CT molecular complexity index is 456. The Kier molecular flexibility index (Phi) is 4.04. The first-order chi connectivity index (χ1) is 9.70. The zero-order chi connectivity index (χ0) is 15.8. The number of hydrogen-bond donors (Lipinski definition) is 3. The largest absolute Gasteiger partial charge is 0.480 e. The number of hydrogen-bond acceptors (Lipinski definition) is 2. The summed E-state index contributed by atoms with van der Waals surface area (Å²) >= 11 is 0. The molecule has 0 saturated heterocycles. The lowest BCUT2D eigenvalue weighted by Crippen LogP contribution is -2.56. The van der Waals surface area contributed by atoms with Gasteiger partial charge in [0.25, 0.3) is 0 Å². The summed E-state index contributed by atoms with van der Waals surface area (Å²) < 4.78 is 0. The number of carboxylic acids is 1. The summed E-state index contributed by atoms with van der Waals surface area (Å²) in [5.41, 5.74) is 0.185. The van der Waals surface area contributed by atoms with Gasteiger partial charge in [-0.2, -0.15) is 0 Å². The third-order valence-corrected chi connectivity index (χ3v) is 5.55. The highest BCUT2D eigenvalue weighted by atomic mass is 16.4. The van der Waals surface area contributed by atoms with E-state index in [0.29, 0.717) is 5.92 Å². The van der Waals surface area contributed by atoms with Crippen molar-refractivity contribution in [3.63, 3.8) is 0 Å². The molecule has 4 atom stereocenters. The first kappa shape index (κ1) is 15.9. The first-order valence-electron chi connectivity index (χ1n) is 7.61. The van der Waals surface area contributed by atoms with E-state index < -0.39 is 18.0 Å². The van der Waals surface area contributed by atoms with Crippen LogP contribution >= 0.6 is 0 Å². The average molecular weight is 294 g/mol. The monoisotopic (exact) mass is 294 g/mol. The molecule has 2 amide bonds. The van der Waals surface area contributed by atoms with Gasteiger partial charge in [-0.1, -0.05) is 26.8 Å². The van der Waals surface area contributed by atoms with E-state index in [1.165, 1.54) is 12.5 Å². The normalized spacial score (nSPS) is 34.2. The molecule has 2 bridgehead atoms. The van der Waals surface area contributed by atoms with Crippen molar-refractivity contribution < 1.29 is 14.7 Å². The van der Waals surface area contributed by atoms with Gasteiger partial charge in [-0.15, -0.1) is 6.58 Å². The van der Waals surface area contributed by atoms with Crippen molar-refractivity contribution >= 4 is 12.0 Å². The minimum absolute atomic E-state index is 0.0570. The second kappa shape index (κ2) is 5.35. The quantitative estimate of drug-likeness (QED) is 0.682. The molecule has 2 aliphatic rings. The second-order valence-electron chi connectivity index (χ2n) is 7.38. The summed E-state index contributed by atoms with van der Waals surface area (Å²) in [6, 6.07) is -1.23. The zero-order valence-corrected chi connectivity index (χ0v) is 13.1. The van der Waals surface area contributed by atoms with Crippen LogP contribution < -0.4 is 10.6 Å². The molecule has 2 saturated carbocycles. The van der Waals surface area contributed by atoms with Crippen molar-refractivity contribution in [2.24, 2.45) is 16.7 Å². The zero-order valence-electron chi connectivity index (χ0n) is 13.1. The van der Waals surface area contributed by atoms with Gasteiger partial charge < -0.3 is 15.7 Å². The van der Waals surface area contributed by atoms with Crippen LogP contribution in [0.2, 0.25) is 0 Å². The smallest absolute Gasteiger partial charge is 0.326 e. The third-order valence-electron chi connectivity index (χ3n) is 5.55. The third kappa shape index (κ3) is 2.78. The maximum absolute atomic E-state index is 12.2. The number of rotatable bonds is 5. The number of urea groups is 1. The van der Waals surface area contributed by atoms with Crippen molar-refractivity contribution in [3.05, 3.63) is 12.7 Å². The van der Waals surface area contributed by atoms with Gasteiger partial charge in [-0.05, 0) is 42.4 Å². The van der Waals surface area contributed by atoms with Crippen LogP contribution in [0.1, 0.15) is 46.5 Å². The number of aliphatic carboxylic acids is 1. The van der Waals surface area contributed by atoms with Gasteiger partial charge in [0.15, 0.2) is 0 Å². The van der Waals surface area contributed by atoms with Crippen LogP contribution in [-0.2, 0) is 4.79 Å². The van der Waals surface area contributed by atoms with Crippen molar-refractivity contribution in [2.45, 2.75) is 58.5 Å². The lowest BCUT2D eigenvalue weighted by Gasteiger charge is -2.43. The Hall–Kier alpha value is -1.52. The molecular weight excluding hydrogens is 268 g/mol. The van der Waals surface area contributed by atoms with E-state index in [2.05, 4.69) is 38.0 Å². The van der Waals surface area contributed by atoms with E-state index in [9.17, 15) is 9.59 Å².